The monoisotopic (exact) mass is 193 g/mol. The van der Waals surface area contributed by atoms with Gasteiger partial charge in [-0.2, -0.15) is 0 Å². The molecule has 2 N–H and O–H groups in total. The number of rotatable bonds is 5. The van der Waals surface area contributed by atoms with Crippen molar-refractivity contribution in [2.45, 2.75) is 13.5 Å². The zero-order chi connectivity index (χ0) is 10.2. The average molecular weight is 193 g/mol. The van der Waals surface area contributed by atoms with E-state index in [0.717, 1.165) is 11.3 Å². The van der Waals surface area contributed by atoms with Gasteiger partial charge in [0.2, 0.25) is 0 Å². The molecular formula is C11H15NO2. The zero-order valence-electron chi connectivity index (χ0n) is 8.23. The van der Waals surface area contributed by atoms with Gasteiger partial charge in [-0.25, -0.2) is 5.48 Å². The molecule has 0 aliphatic heterocycles. The average Bonchev–Trinajstić information content (AvgIpc) is 2.21. The summed E-state index contributed by atoms with van der Waals surface area (Å²) in [6.45, 7) is 3.00. The van der Waals surface area contributed by atoms with Gasteiger partial charge in [-0.3, -0.25) is 0 Å². The van der Waals surface area contributed by atoms with Gasteiger partial charge in [0.25, 0.3) is 0 Å². The first-order valence-corrected chi connectivity index (χ1v) is 4.56. The number of benzene rings is 1. The van der Waals surface area contributed by atoms with E-state index in [4.69, 9.17) is 9.94 Å². The highest BCUT2D eigenvalue weighted by molar-refractivity contribution is 5.27. The van der Waals surface area contributed by atoms with Gasteiger partial charge in [0.15, 0.2) is 0 Å². The maximum Gasteiger partial charge on any atom is 0.119 e. The Morgan fingerprint density at radius 3 is 2.64 bits per heavy atom. The highest BCUT2D eigenvalue weighted by atomic mass is 16.5. The molecule has 0 amide bonds. The van der Waals surface area contributed by atoms with E-state index >= 15 is 0 Å². The minimum absolute atomic E-state index is 0.454. The first-order valence-electron chi connectivity index (χ1n) is 4.56. The van der Waals surface area contributed by atoms with Crippen LogP contribution in [-0.2, 0) is 6.54 Å². The number of ether oxygens (including phenoxy) is 1. The van der Waals surface area contributed by atoms with Gasteiger partial charge in [0.1, 0.15) is 12.4 Å². The molecule has 0 atom stereocenters. The van der Waals surface area contributed by atoms with Crippen molar-refractivity contribution in [1.82, 2.24) is 5.48 Å². The standard InChI is InChI=1S/C11H15NO2/c1-2-3-8-14-11-6-4-10(5-7-11)9-12-13/h2-7,12-13H,8-9H2,1H3. The molecule has 0 saturated carbocycles. The number of nitrogens with one attached hydrogen (secondary N) is 1. The van der Waals surface area contributed by atoms with Crippen molar-refractivity contribution in [1.29, 1.82) is 0 Å². The Morgan fingerprint density at radius 1 is 1.36 bits per heavy atom. The maximum absolute atomic E-state index is 8.47. The molecule has 0 fully saturated rings. The fourth-order valence-corrected chi connectivity index (χ4v) is 1.04. The Kier molecular flexibility index (Phi) is 4.75. The van der Waals surface area contributed by atoms with Gasteiger partial charge in [0.05, 0.1) is 0 Å². The molecule has 14 heavy (non-hydrogen) atoms. The fraction of sp³-hybridized carbons (Fsp3) is 0.273. The molecule has 3 heteroatoms. The van der Waals surface area contributed by atoms with Crippen molar-refractivity contribution in [2.75, 3.05) is 6.61 Å². The topological polar surface area (TPSA) is 41.5 Å². The summed E-state index contributed by atoms with van der Waals surface area (Å²) in [6.07, 6.45) is 3.90. The predicted molar refractivity (Wildman–Crippen MR) is 55.4 cm³/mol. The number of allylic oxidation sites excluding steroid dienone is 1. The van der Waals surface area contributed by atoms with E-state index in [-0.39, 0.29) is 0 Å². The lowest BCUT2D eigenvalue weighted by molar-refractivity contribution is 0.161. The van der Waals surface area contributed by atoms with Crippen LogP contribution in [0.1, 0.15) is 12.5 Å². The summed E-state index contributed by atoms with van der Waals surface area (Å²) in [5, 5.41) is 8.47. The van der Waals surface area contributed by atoms with Gasteiger partial charge < -0.3 is 9.94 Å². The molecule has 76 valence electrons. The van der Waals surface area contributed by atoms with Crippen molar-refractivity contribution in [3.63, 3.8) is 0 Å². The molecule has 1 aromatic carbocycles. The number of hydrogen-bond donors (Lipinski definition) is 2. The lowest BCUT2D eigenvalue weighted by atomic mass is 10.2. The second-order valence-electron chi connectivity index (χ2n) is 2.86. The first kappa shape index (κ1) is 10.8. The highest BCUT2D eigenvalue weighted by Crippen LogP contribution is 2.11. The van der Waals surface area contributed by atoms with Gasteiger partial charge in [-0.1, -0.05) is 24.3 Å². The van der Waals surface area contributed by atoms with Crippen molar-refractivity contribution in [3.8, 4) is 5.75 Å². The van der Waals surface area contributed by atoms with Gasteiger partial charge in [-0.15, -0.1) is 0 Å². The van der Waals surface area contributed by atoms with Crippen molar-refractivity contribution in [3.05, 3.63) is 42.0 Å². The van der Waals surface area contributed by atoms with Crippen LogP contribution in [0, 0.1) is 0 Å². The van der Waals surface area contributed by atoms with Crippen molar-refractivity contribution in [2.24, 2.45) is 0 Å². The summed E-state index contributed by atoms with van der Waals surface area (Å²) in [5.41, 5.74) is 3.12. The molecule has 1 rings (SSSR count). The molecule has 0 spiro atoms. The summed E-state index contributed by atoms with van der Waals surface area (Å²) in [6, 6.07) is 7.59. The molecule has 0 unspecified atom stereocenters. The number of hydroxylamine groups is 1. The van der Waals surface area contributed by atoms with E-state index in [1.807, 2.05) is 43.3 Å². The van der Waals surface area contributed by atoms with Gasteiger partial charge in [0, 0.05) is 6.54 Å². The summed E-state index contributed by atoms with van der Waals surface area (Å²) in [5.74, 6) is 0.838. The Balaban J connectivity index is 2.46. The maximum atomic E-state index is 8.47. The summed E-state index contributed by atoms with van der Waals surface area (Å²) in [4.78, 5) is 0. The normalized spacial score (nSPS) is 10.7. The molecule has 0 aliphatic carbocycles. The van der Waals surface area contributed by atoms with Crippen molar-refractivity contribution < 1.29 is 9.94 Å². The predicted octanol–water partition coefficient (Wildman–Crippen LogP) is 2.12. The molecule has 0 aromatic heterocycles. The van der Waals surface area contributed by atoms with E-state index in [9.17, 15) is 0 Å². The van der Waals surface area contributed by atoms with Gasteiger partial charge in [-0.05, 0) is 24.6 Å². The van der Waals surface area contributed by atoms with Crippen LogP contribution < -0.4 is 10.2 Å². The van der Waals surface area contributed by atoms with Crippen LogP contribution >= 0.6 is 0 Å². The SMILES string of the molecule is CC=CCOc1ccc(CNO)cc1. The Hall–Kier alpha value is -1.32. The molecule has 1 aromatic rings. The Morgan fingerprint density at radius 2 is 2.07 bits per heavy atom. The Labute approximate surface area is 84.0 Å². The lowest BCUT2D eigenvalue weighted by Gasteiger charge is -2.04. The smallest absolute Gasteiger partial charge is 0.119 e. The third-order valence-corrected chi connectivity index (χ3v) is 1.79. The van der Waals surface area contributed by atoms with Crippen molar-refractivity contribution >= 4 is 0 Å². The molecule has 0 heterocycles. The molecule has 0 radical (unpaired) electrons. The molecular weight excluding hydrogens is 178 g/mol. The second kappa shape index (κ2) is 6.18. The van der Waals surface area contributed by atoms with E-state index < -0.39 is 0 Å². The van der Waals surface area contributed by atoms with Crippen LogP contribution in [0.2, 0.25) is 0 Å². The van der Waals surface area contributed by atoms with Crippen LogP contribution in [0.3, 0.4) is 0 Å². The molecule has 0 saturated heterocycles. The first-order chi connectivity index (χ1) is 6.86. The molecule has 3 nitrogen and oxygen atoms in total. The highest BCUT2D eigenvalue weighted by Gasteiger charge is 1.93. The van der Waals surface area contributed by atoms with E-state index in [1.165, 1.54) is 0 Å². The van der Waals surface area contributed by atoms with Crippen LogP contribution in [0.5, 0.6) is 5.75 Å². The molecule has 0 bridgehead atoms. The number of hydrogen-bond acceptors (Lipinski definition) is 3. The summed E-state index contributed by atoms with van der Waals surface area (Å²) in [7, 11) is 0. The third-order valence-electron chi connectivity index (χ3n) is 1.79. The minimum Gasteiger partial charge on any atom is -0.490 e. The quantitative estimate of drug-likeness (QED) is 0.556. The molecule has 0 aliphatic rings. The summed E-state index contributed by atoms with van der Waals surface area (Å²) < 4.78 is 5.41. The van der Waals surface area contributed by atoms with Crippen LogP contribution in [0.25, 0.3) is 0 Å². The Bertz CT molecular complexity index is 280. The fourth-order valence-electron chi connectivity index (χ4n) is 1.04. The van der Waals surface area contributed by atoms with Crippen LogP contribution in [0.15, 0.2) is 36.4 Å². The summed E-state index contributed by atoms with van der Waals surface area (Å²) >= 11 is 0. The van der Waals surface area contributed by atoms with E-state index in [0.29, 0.717) is 13.2 Å². The van der Waals surface area contributed by atoms with Gasteiger partial charge >= 0.3 is 0 Å². The van der Waals surface area contributed by atoms with Crippen LogP contribution in [0.4, 0.5) is 0 Å². The van der Waals surface area contributed by atoms with E-state index in [2.05, 4.69) is 5.48 Å². The largest absolute Gasteiger partial charge is 0.490 e. The third kappa shape index (κ3) is 3.60. The lowest BCUT2D eigenvalue weighted by Crippen LogP contribution is -2.05. The van der Waals surface area contributed by atoms with Crippen LogP contribution in [-0.4, -0.2) is 11.8 Å². The second-order valence-corrected chi connectivity index (χ2v) is 2.86. The minimum atomic E-state index is 0.454. The van der Waals surface area contributed by atoms with E-state index in [1.54, 1.807) is 0 Å². The zero-order valence-corrected chi connectivity index (χ0v) is 8.23.